The zero-order chi connectivity index (χ0) is 25.9. The van der Waals surface area contributed by atoms with Crippen molar-refractivity contribution in [2.24, 2.45) is 0 Å². The predicted octanol–water partition coefficient (Wildman–Crippen LogP) is 8.64. The van der Waals surface area contributed by atoms with E-state index in [0.29, 0.717) is 23.0 Å². The van der Waals surface area contributed by atoms with Crippen LogP contribution in [0.15, 0.2) is 120 Å². The summed E-state index contributed by atoms with van der Waals surface area (Å²) < 4.78 is 23.8. The number of hydrogen-bond donors (Lipinski definition) is 0. The van der Waals surface area contributed by atoms with Crippen molar-refractivity contribution in [1.29, 1.82) is 0 Å². The number of oxazole rings is 1. The second-order valence-electron chi connectivity index (χ2n) is 8.73. The topological polar surface area (TPSA) is 53.7 Å². The molecule has 0 radical (unpaired) electrons. The minimum absolute atomic E-state index is 0.560. The summed E-state index contributed by atoms with van der Waals surface area (Å²) in [4.78, 5) is 4.76. The molecule has 0 amide bonds. The molecule has 0 aliphatic rings. The molecule has 6 rings (SSSR count). The molecule has 0 aliphatic heterocycles. The van der Waals surface area contributed by atoms with Crippen LogP contribution in [0.4, 0.5) is 0 Å². The summed E-state index contributed by atoms with van der Waals surface area (Å²) in [5, 5.41) is 0. The molecule has 5 nitrogen and oxygen atoms in total. The maximum atomic E-state index is 6.46. The van der Waals surface area contributed by atoms with Crippen LogP contribution in [0.3, 0.4) is 0 Å². The number of ether oxygens (including phenoxy) is 3. The Morgan fingerprint density at radius 1 is 0.553 bits per heavy atom. The third-order valence-electron chi connectivity index (χ3n) is 6.41. The summed E-state index contributed by atoms with van der Waals surface area (Å²) >= 11 is 0. The van der Waals surface area contributed by atoms with Crippen LogP contribution in [0.2, 0.25) is 0 Å². The summed E-state index contributed by atoms with van der Waals surface area (Å²) in [6, 6.07) is 37.5. The lowest BCUT2D eigenvalue weighted by Gasteiger charge is -2.14. The number of benzene rings is 5. The first-order chi connectivity index (χ1) is 18.7. The molecule has 0 bridgehead atoms. The van der Waals surface area contributed by atoms with Gasteiger partial charge in [0.25, 0.3) is 0 Å². The van der Waals surface area contributed by atoms with E-state index in [1.807, 2.05) is 115 Å². The van der Waals surface area contributed by atoms with Crippen LogP contribution in [0.5, 0.6) is 23.0 Å². The van der Waals surface area contributed by atoms with Gasteiger partial charge < -0.3 is 18.6 Å². The van der Waals surface area contributed by atoms with Gasteiger partial charge in [-0.05, 0) is 48.0 Å². The first kappa shape index (κ1) is 23.4. The van der Waals surface area contributed by atoms with E-state index < -0.39 is 0 Å². The molecule has 38 heavy (non-hydrogen) atoms. The average molecular weight is 500 g/mol. The number of hydrogen-bond acceptors (Lipinski definition) is 5. The van der Waals surface area contributed by atoms with Crippen molar-refractivity contribution < 1.29 is 18.6 Å². The van der Waals surface area contributed by atoms with Gasteiger partial charge in [0.15, 0.2) is 5.58 Å². The summed E-state index contributed by atoms with van der Waals surface area (Å²) in [5.41, 5.74) is 6.12. The molecule has 0 N–H and O–H groups in total. The van der Waals surface area contributed by atoms with Gasteiger partial charge in [0.1, 0.15) is 28.5 Å². The molecule has 6 aromatic rings. The van der Waals surface area contributed by atoms with Gasteiger partial charge in [-0.2, -0.15) is 0 Å². The van der Waals surface area contributed by atoms with Crippen LogP contribution < -0.4 is 14.2 Å². The lowest BCUT2D eigenvalue weighted by atomic mass is 10.0. The Morgan fingerprint density at radius 2 is 1.18 bits per heavy atom. The van der Waals surface area contributed by atoms with Crippen molar-refractivity contribution in [3.05, 3.63) is 115 Å². The number of fused-ring (bicyclic) bond motifs is 1. The van der Waals surface area contributed by atoms with E-state index >= 15 is 0 Å². The minimum atomic E-state index is 0.560. The van der Waals surface area contributed by atoms with Crippen molar-refractivity contribution in [2.75, 3.05) is 14.2 Å². The van der Waals surface area contributed by atoms with Crippen LogP contribution in [0, 0.1) is 0 Å². The highest BCUT2D eigenvalue weighted by atomic mass is 16.5. The van der Waals surface area contributed by atoms with E-state index in [2.05, 4.69) is 0 Å². The zero-order valence-electron chi connectivity index (χ0n) is 21.0. The van der Waals surface area contributed by atoms with Crippen LogP contribution >= 0.6 is 0 Å². The first-order valence-electron chi connectivity index (χ1n) is 12.3. The summed E-state index contributed by atoms with van der Waals surface area (Å²) in [6.45, 7) is 0. The average Bonchev–Trinajstić information content (AvgIpc) is 3.40. The number of aromatic nitrogens is 1. The van der Waals surface area contributed by atoms with E-state index in [1.165, 1.54) is 0 Å². The van der Waals surface area contributed by atoms with E-state index in [0.717, 1.165) is 44.8 Å². The fourth-order valence-corrected chi connectivity index (χ4v) is 4.53. The molecule has 5 aromatic carbocycles. The highest BCUT2D eigenvalue weighted by Crippen LogP contribution is 2.42. The molecule has 5 heteroatoms. The molecule has 1 aromatic heterocycles. The van der Waals surface area contributed by atoms with Gasteiger partial charge in [0.2, 0.25) is 5.89 Å². The summed E-state index contributed by atoms with van der Waals surface area (Å²) in [6.07, 6.45) is 0. The molecule has 0 unspecified atom stereocenters. The largest absolute Gasteiger partial charge is 0.496 e. The second kappa shape index (κ2) is 10.1. The van der Waals surface area contributed by atoms with Crippen LogP contribution in [0.1, 0.15) is 0 Å². The monoisotopic (exact) mass is 499 g/mol. The standard InChI is InChI=1S/C33H25NO4/c1-35-29-14-8-6-12-25(29)22-16-18-24(19-17-22)37-31-21-32-28(34-33(38-32)23-10-4-3-5-11-23)20-27(31)26-13-7-9-15-30(26)36-2/h3-21H,1-2H3. The van der Waals surface area contributed by atoms with Crippen molar-refractivity contribution in [2.45, 2.75) is 0 Å². The first-order valence-corrected chi connectivity index (χ1v) is 12.3. The molecule has 0 spiro atoms. The van der Waals surface area contributed by atoms with Crippen molar-refractivity contribution >= 4 is 11.1 Å². The fraction of sp³-hybridized carbons (Fsp3) is 0.0606. The number of methoxy groups -OCH3 is 2. The third kappa shape index (κ3) is 4.46. The molecule has 0 saturated heterocycles. The minimum Gasteiger partial charge on any atom is -0.496 e. The number of rotatable bonds is 7. The highest BCUT2D eigenvalue weighted by molar-refractivity contribution is 5.88. The Hall–Kier alpha value is -5.03. The van der Waals surface area contributed by atoms with E-state index in [4.69, 9.17) is 23.6 Å². The second-order valence-corrected chi connectivity index (χ2v) is 8.73. The van der Waals surface area contributed by atoms with Gasteiger partial charge in [-0.3, -0.25) is 0 Å². The predicted molar refractivity (Wildman–Crippen MR) is 150 cm³/mol. The lowest BCUT2D eigenvalue weighted by molar-refractivity contribution is 0.416. The maximum Gasteiger partial charge on any atom is 0.227 e. The molecule has 186 valence electrons. The van der Waals surface area contributed by atoms with Crippen molar-refractivity contribution in [1.82, 2.24) is 4.98 Å². The number of para-hydroxylation sites is 2. The van der Waals surface area contributed by atoms with Gasteiger partial charge in [0, 0.05) is 28.3 Å². The fourth-order valence-electron chi connectivity index (χ4n) is 4.53. The molecular weight excluding hydrogens is 474 g/mol. The highest BCUT2D eigenvalue weighted by Gasteiger charge is 2.18. The quantitative estimate of drug-likeness (QED) is 0.220. The Balaban J connectivity index is 1.43. The molecule has 0 atom stereocenters. The molecule has 0 saturated carbocycles. The van der Waals surface area contributed by atoms with Crippen LogP contribution in [0.25, 0.3) is 44.8 Å². The molecular formula is C33H25NO4. The van der Waals surface area contributed by atoms with Crippen LogP contribution in [-0.2, 0) is 0 Å². The Labute approximate surface area is 220 Å². The number of nitrogens with zero attached hydrogens (tertiary/aromatic N) is 1. The van der Waals surface area contributed by atoms with Crippen LogP contribution in [-0.4, -0.2) is 19.2 Å². The molecule has 1 heterocycles. The smallest absolute Gasteiger partial charge is 0.227 e. The zero-order valence-corrected chi connectivity index (χ0v) is 21.0. The van der Waals surface area contributed by atoms with E-state index in [1.54, 1.807) is 14.2 Å². The van der Waals surface area contributed by atoms with Gasteiger partial charge in [-0.15, -0.1) is 0 Å². The lowest BCUT2D eigenvalue weighted by Crippen LogP contribution is -1.92. The summed E-state index contributed by atoms with van der Waals surface area (Å²) in [5.74, 6) is 3.47. The van der Waals surface area contributed by atoms with Gasteiger partial charge in [-0.25, -0.2) is 4.98 Å². The van der Waals surface area contributed by atoms with Gasteiger partial charge in [-0.1, -0.05) is 66.7 Å². The normalized spacial score (nSPS) is 10.9. The Kier molecular flexibility index (Phi) is 6.24. The van der Waals surface area contributed by atoms with Crippen molar-refractivity contribution in [3.63, 3.8) is 0 Å². The summed E-state index contributed by atoms with van der Waals surface area (Å²) in [7, 11) is 3.34. The Bertz CT molecular complexity index is 1710. The Morgan fingerprint density at radius 3 is 1.89 bits per heavy atom. The van der Waals surface area contributed by atoms with Crippen molar-refractivity contribution in [3.8, 4) is 56.7 Å². The molecule has 0 fully saturated rings. The SMILES string of the molecule is COc1ccccc1-c1ccc(Oc2cc3oc(-c4ccccc4)nc3cc2-c2ccccc2OC)cc1. The third-order valence-corrected chi connectivity index (χ3v) is 6.41. The van der Waals surface area contributed by atoms with E-state index in [9.17, 15) is 0 Å². The van der Waals surface area contributed by atoms with Gasteiger partial charge >= 0.3 is 0 Å². The molecule has 0 aliphatic carbocycles. The van der Waals surface area contributed by atoms with E-state index in [-0.39, 0.29) is 0 Å². The van der Waals surface area contributed by atoms with Gasteiger partial charge in [0.05, 0.1) is 14.2 Å². The maximum absolute atomic E-state index is 6.46.